The number of thioether (sulfide) groups is 1. The highest BCUT2D eigenvalue weighted by Gasteiger charge is 2.22. The molecular formula is C5H8Cl2O2S. The third-order valence-electron chi connectivity index (χ3n) is 0.529. The van der Waals surface area contributed by atoms with Crippen molar-refractivity contribution in [3.8, 4) is 0 Å². The molecule has 0 bridgehead atoms. The van der Waals surface area contributed by atoms with Crippen LogP contribution < -0.4 is 0 Å². The number of carbonyl (C=O) groups excluding carboxylic acids is 1. The van der Waals surface area contributed by atoms with Crippen molar-refractivity contribution in [2.45, 2.75) is 23.6 Å². The van der Waals surface area contributed by atoms with Crippen LogP contribution in [0, 0.1) is 0 Å². The van der Waals surface area contributed by atoms with Crippen molar-refractivity contribution >= 4 is 40.1 Å². The molecule has 0 aliphatic rings. The summed E-state index contributed by atoms with van der Waals surface area (Å²) in [5.74, 6) is 0. The maximum atomic E-state index is 10.7. The number of carbonyl (C=O) groups is 1. The Hall–Kier alpha value is 0.560. The second kappa shape index (κ2) is 3.81. The van der Waals surface area contributed by atoms with E-state index in [1.165, 1.54) is 13.8 Å². The van der Waals surface area contributed by atoms with Crippen LogP contribution in [-0.4, -0.2) is 20.0 Å². The zero-order valence-corrected chi connectivity index (χ0v) is 7.93. The molecule has 0 amide bonds. The SMILES string of the molecule is CC(C)(O)SC(=O)C(Cl)Cl. The maximum Gasteiger partial charge on any atom is 0.224 e. The van der Waals surface area contributed by atoms with Crippen LogP contribution in [0.25, 0.3) is 0 Å². The molecule has 0 unspecified atom stereocenters. The average molecular weight is 203 g/mol. The fraction of sp³-hybridized carbons (Fsp3) is 0.800. The van der Waals surface area contributed by atoms with Crippen LogP contribution >= 0.6 is 35.0 Å². The van der Waals surface area contributed by atoms with Crippen LogP contribution in [0.15, 0.2) is 0 Å². The van der Waals surface area contributed by atoms with Crippen LogP contribution in [0.4, 0.5) is 0 Å². The fourth-order valence-corrected chi connectivity index (χ4v) is 1.14. The molecule has 0 aromatic rings. The number of alkyl halides is 2. The van der Waals surface area contributed by atoms with Gasteiger partial charge in [0.15, 0.2) is 4.84 Å². The molecule has 0 atom stereocenters. The monoisotopic (exact) mass is 202 g/mol. The van der Waals surface area contributed by atoms with E-state index in [-0.39, 0.29) is 0 Å². The summed E-state index contributed by atoms with van der Waals surface area (Å²) in [5.41, 5.74) is 0. The predicted octanol–water partition coefficient (Wildman–Crippen LogP) is 1.78. The summed E-state index contributed by atoms with van der Waals surface area (Å²) in [6.45, 7) is 2.98. The lowest BCUT2D eigenvalue weighted by Crippen LogP contribution is -2.18. The molecule has 0 heterocycles. The van der Waals surface area contributed by atoms with E-state index in [9.17, 15) is 4.79 Å². The summed E-state index contributed by atoms with van der Waals surface area (Å²) in [4.78, 5) is 8.54. The first-order valence-corrected chi connectivity index (χ1v) is 4.25. The first kappa shape index (κ1) is 10.6. The highest BCUT2D eigenvalue weighted by atomic mass is 35.5. The molecule has 0 saturated heterocycles. The molecule has 0 aromatic heterocycles. The standard InChI is InChI=1S/C5H8Cl2O2S/c1-5(2,9)10-4(8)3(6)7/h3,9H,1-2H3. The molecule has 0 aromatic carbocycles. The Morgan fingerprint density at radius 1 is 1.60 bits per heavy atom. The average Bonchev–Trinajstić information content (AvgIpc) is 1.60. The van der Waals surface area contributed by atoms with Gasteiger partial charge in [-0.05, 0) is 13.8 Å². The van der Waals surface area contributed by atoms with Crippen LogP contribution in [0.5, 0.6) is 0 Å². The highest BCUT2D eigenvalue weighted by molar-refractivity contribution is 8.15. The quantitative estimate of drug-likeness (QED) is 0.549. The van der Waals surface area contributed by atoms with Crippen molar-refractivity contribution in [1.29, 1.82) is 0 Å². The van der Waals surface area contributed by atoms with Gasteiger partial charge in [-0.2, -0.15) is 0 Å². The van der Waals surface area contributed by atoms with E-state index in [1.807, 2.05) is 0 Å². The molecule has 10 heavy (non-hydrogen) atoms. The van der Waals surface area contributed by atoms with E-state index in [0.29, 0.717) is 0 Å². The molecule has 60 valence electrons. The van der Waals surface area contributed by atoms with Crippen molar-refractivity contribution < 1.29 is 9.90 Å². The number of rotatable bonds is 2. The summed E-state index contributed by atoms with van der Waals surface area (Å²) in [7, 11) is 0. The molecule has 2 nitrogen and oxygen atoms in total. The minimum atomic E-state index is -1.10. The van der Waals surface area contributed by atoms with Gasteiger partial charge in [-0.3, -0.25) is 4.79 Å². The topological polar surface area (TPSA) is 37.3 Å². The van der Waals surface area contributed by atoms with E-state index >= 15 is 0 Å². The van der Waals surface area contributed by atoms with E-state index in [0.717, 1.165) is 11.8 Å². The highest BCUT2D eigenvalue weighted by Crippen LogP contribution is 2.25. The second-order valence-electron chi connectivity index (χ2n) is 2.17. The summed E-state index contributed by atoms with van der Waals surface area (Å²) in [5, 5.41) is 8.63. The van der Waals surface area contributed by atoms with Crippen molar-refractivity contribution in [3.05, 3.63) is 0 Å². The predicted molar refractivity (Wildman–Crippen MR) is 44.4 cm³/mol. The van der Waals surface area contributed by atoms with Gasteiger partial charge in [-0.25, -0.2) is 0 Å². The van der Waals surface area contributed by atoms with Crippen LogP contribution in [0.3, 0.4) is 0 Å². The number of aliphatic hydroxyl groups is 1. The Morgan fingerprint density at radius 3 is 2.10 bits per heavy atom. The molecule has 0 radical (unpaired) electrons. The van der Waals surface area contributed by atoms with E-state index < -0.39 is 14.9 Å². The summed E-state index contributed by atoms with van der Waals surface area (Å²) < 4.78 is 0. The van der Waals surface area contributed by atoms with Gasteiger partial charge >= 0.3 is 0 Å². The molecule has 0 aliphatic carbocycles. The van der Waals surface area contributed by atoms with E-state index in [1.54, 1.807) is 0 Å². The zero-order valence-electron chi connectivity index (χ0n) is 5.60. The molecule has 0 rings (SSSR count). The van der Waals surface area contributed by atoms with Crippen molar-refractivity contribution in [3.63, 3.8) is 0 Å². The largest absolute Gasteiger partial charge is 0.380 e. The Morgan fingerprint density at radius 2 is 2.00 bits per heavy atom. The third kappa shape index (κ3) is 5.35. The van der Waals surface area contributed by atoms with Crippen LogP contribution in [0.2, 0.25) is 0 Å². The minimum Gasteiger partial charge on any atom is -0.380 e. The molecule has 0 saturated carbocycles. The molecule has 0 aliphatic heterocycles. The minimum absolute atomic E-state index is 0.434. The first-order chi connectivity index (χ1) is 4.33. The van der Waals surface area contributed by atoms with Gasteiger partial charge < -0.3 is 5.11 Å². The first-order valence-electron chi connectivity index (χ1n) is 2.56. The Balaban J connectivity index is 3.81. The van der Waals surface area contributed by atoms with Gasteiger partial charge in [0.05, 0.1) is 0 Å². The molecule has 5 heteroatoms. The van der Waals surface area contributed by atoms with Crippen molar-refractivity contribution in [1.82, 2.24) is 0 Å². The lowest BCUT2D eigenvalue weighted by atomic mass is 10.5. The molecule has 0 fully saturated rings. The summed E-state index contributed by atoms with van der Waals surface area (Å²) in [6.07, 6.45) is 0. The zero-order chi connectivity index (χ0) is 8.36. The van der Waals surface area contributed by atoms with Crippen molar-refractivity contribution in [2.24, 2.45) is 0 Å². The molecular weight excluding hydrogens is 195 g/mol. The number of halogens is 2. The Bertz CT molecular complexity index is 130. The number of hydrogen-bond acceptors (Lipinski definition) is 3. The Labute approximate surface area is 73.9 Å². The van der Waals surface area contributed by atoms with Gasteiger partial charge in [0.25, 0.3) is 0 Å². The van der Waals surface area contributed by atoms with Crippen molar-refractivity contribution in [2.75, 3.05) is 0 Å². The fourth-order valence-electron chi connectivity index (χ4n) is 0.291. The third-order valence-corrected chi connectivity index (χ3v) is 2.12. The molecule has 0 spiro atoms. The van der Waals surface area contributed by atoms with Crippen LogP contribution in [0.1, 0.15) is 13.8 Å². The van der Waals surface area contributed by atoms with E-state index in [2.05, 4.69) is 0 Å². The van der Waals surface area contributed by atoms with Gasteiger partial charge in [-0.1, -0.05) is 35.0 Å². The Kier molecular flexibility index (Phi) is 4.02. The number of hydrogen-bond donors (Lipinski definition) is 1. The normalized spacial score (nSPS) is 12.2. The lowest BCUT2D eigenvalue weighted by Gasteiger charge is -2.14. The van der Waals surface area contributed by atoms with E-state index in [4.69, 9.17) is 28.3 Å². The summed E-state index contributed by atoms with van der Waals surface area (Å²) in [6, 6.07) is 0. The van der Waals surface area contributed by atoms with Gasteiger partial charge in [0.2, 0.25) is 5.12 Å². The lowest BCUT2D eigenvalue weighted by molar-refractivity contribution is -0.109. The smallest absolute Gasteiger partial charge is 0.224 e. The maximum absolute atomic E-state index is 10.7. The van der Waals surface area contributed by atoms with Crippen LogP contribution in [-0.2, 0) is 4.79 Å². The van der Waals surface area contributed by atoms with Gasteiger partial charge in [0, 0.05) is 0 Å². The van der Waals surface area contributed by atoms with Gasteiger partial charge in [0.1, 0.15) is 4.93 Å². The molecule has 1 N–H and O–H groups in total. The van der Waals surface area contributed by atoms with Gasteiger partial charge in [-0.15, -0.1) is 0 Å². The second-order valence-corrected chi connectivity index (χ2v) is 4.87. The summed E-state index contributed by atoms with van der Waals surface area (Å²) >= 11 is 11.2.